The number of benzene rings is 1. The first-order valence-electron chi connectivity index (χ1n) is 9.17. The second-order valence-electron chi connectivity index (χ2n) is 7.23. The van der Waals surface area contributed by atoms with Crippen molar-refractivity contribution in [1.82, 2.24) is 10.3 Å². The molecule has 1 saturated carbocycles. The molecule has 0 saturated heterocycles. The molecule has 1 atom stereocenters. The van der Waals surface area contributed by atoms with Crippen molar-refractivity contribution in [3.05, 3.63) is 63.4 Å². The second kappa shape index (κ2) is 8.69. The van der Waals surface area contributed by atoms with Gasteiger partial charge in [-0.25, -0.2) is 9.37 Å². The third-order valence-corrected chi connectivity index (χ3v) is 5.79. The van der Waals surface area contributed by atoms with Gasteiger partial charge in [0.05, 0.1) is 27.4 Å². The minimum Gasteiger partial charge on any atom is -0.387 e. The number of halogens is 6. The molecule has 0 radical (unpaired) electrons. The van der Waals surface area contributed by atoms with Gasteiger partial charge in [-0.2, -0.15) is 13.2 Å². The van der Waals surface area contributed by atoms with E-state index in [4.69, 9.17) is 23.2 Å². The van der Waals surface area contributed by atoms with Crippen LogP contribution in [-0.4, -0.2) is 27.8 Å². The number of hydrogen-bond donors (Lipinski definition) is 2. The van der Waals surface area contributed by atoms with Crippen molar-refractivity contribution in [2.24, 2.45) is 0 Å². The van der Waals surface area contributed by atoms with Gasteiger partial charge >= 0.3 is 6.18 Å². The maximum atomic E-state index is 13.6. The van der Waals surface area contributed by atoms with Gasteiger partial charge in [-0.3, -0.25) is 4.79 Å². The Balaban J connectivity index is 1.97. The van der Waals surface area contributed by atoms with E-state index in [9.17, 15) is 27.5 Å². The van der Waals surface area contributed by atoms with E-state index in [0.717, 1.165) is 18.2 Å². The first kappa shape index (κ1) is 22.8. The van der Waals surface area contributed by atoms with E-state index in [2.05, 4.69) is 10.3 Å². The Labute approximate surface area is 180 Å². The highest BCUT2D eigenvalue weighted by Crippen LogP contribution is 2.40. The number of hydrogen-bond acceptors (Lipinski definition) is 3. The lowest BCUT2D eigenvalue weighted by Crippen LogP contribution is -2.49. The zero-order chi connectivity index (χ0) is 22.1. The second-order valence-corrected chi connectivity index (χ2v) is 8.00. The highest BCUT2D eigenvalue weighted by Gasteiger charge is 2.43. The van der Waals surface area contributed by atoms with Crippen molar-refractivity contribution in [3.63, 3.8) is 0 Å². The van der Waals surface area contributed by atoms with Crippen LogP contribution in [0.1, 0.15) is 53.3 Å². The summed E-state index contributed by atoms with van der Waals surface area (Å²) in [6, 6.07) is 6.44. The summed E-state index contributed by atoms with van der Waals surface area (Å²) in [5.41, 5.74) is -2.89. The standard InChI is InChI=1S/C20H18Cl2F4N2O2/c21-15-6-2-5-14(27-15)17(19(30)9-7-11(23)8-10-19)28-18(29)12-3-1-4-13(16(12)22)20(24,25)26/h1-6,11,17,30H,7-10H2,(H,28,29). The molecule has 1 amide bonds. The summed E-state index contributed by atoms with van der Waals surface area (Å²) in [5.74, 6) is -0.923. The minimum atomic E-state index is -4.74. The van der Waals surface area contributed by atoms with Gasteiger partial charge in [0.25, 0.3) is 5.91 Å². The first-order valence-corrected chi connectivity index (χ1v) is 9.92. The normalized spacial score (nSPS) is 23.1. The van der Waals surface area contributed by atoms with Crippen LogP contribution in [-0.2, 0) is 6.18 Å². The van der Waals surface area contributed by atoms with E-state index in [1.165, 1.54) is 12.1 Å². The lowest BCUT2D eigenvalue weighted by Gasteiger charge is -2.40. The average Bonchev–Trinajstić information content (AvgIpc) is 2.67. The summed E-state index contributed by atoms with van der Waals surface area (Å²) >= 11 is 11.8. The van der Waals surface area contributed by atoms with Gasteiger partial charge in [-0.15, -0.1) is 0 Å². The largest absolute Gasteiger partial charge is 0.417 e. The van der Waals surface area contributed by atoms with Crippen LogP contribution >= 0.6 is 23.2 Å². The van der Waals surface area contributed by atoms with Gasteiger partial charge in [-0.05, 0) is 49.9 Å². The zero-order valence-electron chi connectivity index (χ0n) is 15.5. The Bertz CT molecular complexity index is 931. The van der Waals surface area contributed by atoms with E-state index >= 15 is 0 Å². The van der Waals surface area contributed by atoms with Crippen molar-refractivity contribution in [2.75, 3.05) is 0 Å². The molecule has 1 aliphatic carbocycles. The summed E-state index contributed by atoms with van der Waals surface area (Å²) < 4.78 is 53.0. The number of rotatable bonds is 4. The molecule has 0 spiro atoms. The van der Waals surface area contributed by atoms with Gasteiger partial charge in [0.2, 0.25) is 0 Å². The molecule has 0 bridgehead atoms. The molecule has 2 aromatic rings. The molecule has 162 valence electrons. The number of carbonyl (C=O) groups excluding carboxylic acids is 1. The van der Waals surface area contributed by atoms with Crippen molar-refractivity contribution in [1.29, 1.82) is 0 Å². The Morgan fingerprint density at radius 2 is 1.80 bits per heavy atom. The molecule has 1 unspecified atom stereocenters. The van der Waals surface area contributed by atoms with Crippen LogP contribution in [0.2, 0.25) is 10.2 Å². The van der Waals surface area contributed by atoms with Crippen LogP contribution in [0.5, 0.6) is 0 Å². The molecule has 1 aliphatic rings. The first-order chi connectivity index (χ1) is 14.0. The third kappa shape index (κ3) is 4.87. The maximum absolute atomic E-state index is 13.6. The lowest BCUT2D eigenvalue weighted by molar-refractivity contribution is -0.137. The number of alkyl halides is 4. The predicted octanol–water partition coefficient (Wildman–Crippen LogP) is 5.52. The predicted molar refractivity (Wildman–Crippen MR) is 104 cm³/mol. The highest BCUT2D eigenvalue weighted by molar-refractivity contribution is 6.34. The van der Waals surface area contributed by atoms with E-state index in [0.29, 0.717) is 0 Å². The van der Waals surface area contributed by atoms with Crippen LogP contribution in [0.25, 0.3) is 0 Å². The number of carbonyl (C=O) groups is 1. The summed E-state index contributed by atoms with van der Waals surface area (Å²) in [4.78, 5) is 17.0. The lowest BCUT2D eigenvalue weighted by atomic mass is 9.77. The fourth-order valence-corrected chi connectivity index (χ4v) is 4.06. The summed E-state index contributed by atoms with van der Waals surface area (Å²) in [6.07, 6.45) is -5.60. The Morgan fingerprint density at radius 1 is 1.17 bits per heavy atom. The molecular formula is C20H18Cl2F4N2O2. The van der Waals surface area contributed by atoms with Gasteiger partial charge in [0, 0.05) is 0 Å². The van der Waals surface area contributed by atoms with Gasteiger partial charge in [0.15, 0.2) is 0 Å². The van der Waals surface area contributed by atoms with Crippen LogP contribution in [0.15, 0.2) is 36.4 Å². The molecule has 4 nitrogen and oxygen atoms in total. The number of amides is 1. The highest BCUT2D eigenvalue weighted by atomic mass is 35.5. The fourth-order valence-electron chi connectivity index (χ4n) is 3.57. The monoisotopic (exact) mass is 464 g/mol. The van der Waals surface area contributed by atoms with Crippen molar-refractivity contribution in [2.45, 2.75) is 49.7 Å². The van der Waals surface area contributed by atoms with Crippen LogP contribution in [0.3, 0.4) is 0 Å². The summed E-state index contributed by atoms with van der Waals surface area (Å²) in [5, 5.41) is 13.1. The SMILES string of the molecule is O=C(NC(c1cccc(Cl)n1)C1(O)CCC(F)CC1)c1cccc(C(F)(F)F)c1Cl. The fraction of sp³-hybridized carbons (Fsp3) is 0.400. The van der Waals surface area contributed by atoms with Crippen molar-refractivity contribution >= 4 is 29.1 Å². The van der Waals surface area contributed by atoms with E-state index in [-0.39, 0.29) is 36.5 Å². The molecule has 0 aliphatic heterocycles. The molecule has 1 aromatic carbocycles. The number of aliphatic hydroxyl groups is 1. The topological polar surface area (TPSA) is 62.2 Å². The van der Waals surface area contributed by atoms with Crippen molar-refractivity contribution in [3.8, 4) is 0 Å². The van der Waals surface area contributed by atoms with Crippen LogP contribution in [0.4, 0.5) is 17.6 Å². The molecule has 2 N–H and O–H groups in total. The number of nitrogens with zero attached hydrogens (tertiary/aromatic N) is 1. The molecule has 1 fully saturated rings. The summed E-state index contributed by atoms with van der Waals surface area (Å²) in [7, 11) is 0. The molecule has 1 aromatic heterocycles. The van der Waals surface area contributed by atoms with Crippen LogP contribution < -0.4 is 5.32 Å². The van der Waals surface area contributed by atoms with E-state index < -0.39 is 46.0 Å². The van der Waals surface area contributed by atoms with Crippen LogP contribution in [0, 0.1) is 0 Å². The van der Waals surface area contributed by atoms with E-state index in [1.807, 2.05) is 0 Å². The molecule has 10 heteroatoms. The Hall–Kier alpha value is -1.90. The molecule has 30 heavy (non-hydrogen) atoms. The quantitative estimate of drug-likeness (QED) is 0.462. The van der Waals surface area contributed by atoms with E-state index in [1.54, 1.807) is 6.07 Å². The average molecular weight is 465 g/mol. The number of nitrogens with one attached hydrogen (secondary N) is 1. The summed E-state index contributed by atoms with van der Waals surface area (Å²) in [6.45, 7) is 0. The molecular weight excluding hydrogens is 447 g/mol. The van der Waals surface area contributed by atoms with Gasteiger partial charge < -0.3 is 10.4 Å². The maximum Gasteiger partial charge on any atom is 0.417 e. The third-order valence-electron chi connectivity index (χ3n) is 5.17. The van der Waals surface area contributed by atoms with Gasteiger partial charge in [-0.1, -0.05) is 35.3 Å². The Morgan fingerprint density at radius 3 is 2.40 bits per heavy atom. The van der Waals surface area contributed by atoms with Gasteiger partial charge in [0.1, 0.15) is 17.4 Å². The molecule has 1 heterocycles. The number of aromatic nitrogens is 1. The molecule has 3 rings (SSSR count). The van der Waals surface area contributed by atoms with Crippen molar-refractivity contribution < 1.29 is 27.5 Å². The number of pyridine rings is 1. The Kier molecular flexibility index (Phi) is 6.60. The minimum absolute atomic E-state index is 0.0314. The smallest absolute Gasteiger partial charge is 0.387 e. The zero-order valence-corrected chi connectivity index (χ0v) is 17.0.